The maximum absolute atomic E-state index is 11.9. The predicted molar refractivity (Wildman–Crippen MR) is 72.8 cm³/mol. The van der Waals surface area contributed by atoms with E-state index in [2.05, 4.69) is 0 Å². The topological polar surface area (TPSA) is 43.4 Å². The third-order valence-electron chi connectivity index (χ3n) is 2.73. The molecule has 96 valence electrons. The molecular formula is C16H14O3. The Balaban J connectivity index is 1.98. The Bertz CT molecular complexity index is 585. The molecule has 0 aromatic heterocycles. The maximum atomic E-state index is 11.9. The quantitative estimate of drug-likeness (QED) is 0.608. The summed E-state index contributed by atoms with van der Waals surface area (Å²) in [5, 5.41) is 0. The highest BCUT2D eigenvalue weighted by molar-refractivity contribution is 5.97. The summed E-state index contributed by atoms with van der Waals surface area (Å²) in [7, 11) is 0. The SMILES string of the molecule is Cc1cccc(C(=O)COc2ccc(C=O)cc2)c1. The molecule has 0 aliphatic rings. The fourth-order valence-corrected chi connectivity index (χ4v) is 1.69. The van der Waals surface area contributed by atoms with Gasteiger partial charge in [0.15, 0.2) is 12.4 Å². The number of carbonyl (C=O) groups excluding carboxylic acids is 2. The van der Waals surface area contributed by atoms with Crippen LogP contribution >= 0.6 is 0 Å². The van der Waals surface area contributed by atoms with Crippen molar-refractivity contribution in [1.82, 2.24) is 0 Å². The fourth-order valence-electron chi connectivity index (χ4n) is 1.69. The van der Waals surface area contributed by atoms with Crippen molar-refractivity contribution >= 4 is 12.1 Å². The Labute approximate surface area is 111 Å². The number of hydrogen-bond acceptors (Lipinski definition) is 3. The van der Waals surface area contributed by atoms with Gasteiger partial charge in [0.2, 0.25) is 0 Å². The molecule has 0 aliphatic carbocycles. The van der Waals surface area contributed by atoms with Crippen molar-refractivity contribution in [3.05, 3.63) is 65.2 Å². The van der Waals surface area contributed by atoms with Crippen LogP contribution in [0.3, 0.4) is 0 Å². The van der Waals surface area contributed by atoms with Crippen molar-refractivity contribution in [2.45, 2.75) is 6.92 Å². The molecule has 0 aliphatic heterocycles. The van der Waals surface area contributed by atoms with Crippen molar-refractivity contribution in [1.29, 1.82) is 0 Å². The Hall–Kier alpha value is -2.42. The molecule has 0 saturated heterocycles. The molecule has 0 spiro atoms. The summed E-state index contributed by atoms with van der Waals surface area (Å²) in [6.07, 6.45) is 0.766. The molecule has 0 radical (unpaired) electrons. The first-order valence-electron chi connectivity index (χ1n) is 5.97. The van der Waals surface area contributed by atoms with E-state index in [4.69, 9.17) is 4.74 Å². The molecule has 0 heterocycles. The second-order valence-electron chi connectivity index (χ2n) is 4.27. The highest BCUT2D eigenvalue weighted by atomic mass is 16.5. The molecule has 0 amide bonds. The molecule has 0 bridgehead atoms. The number of aldehydes is 1. The molecule has 19 heavy (non-hydrogen) atoms. The number of hydrogen-bond donors (Lipinski definition) is 0. The first-order chi connectivity index (χ1) is 9.19. The van der Waals surface area contributed by atoms with Gasteiger partial charge in [0, 0.05) is 11.1 Å². The van der Waals surface area contributed by atoms with E-state index in [0.717, 1.165) is 11.8 Å². The van der Waals surface area contributed by atoms with Gasteiger partial charge in [-0.3, -0.25) is 9.59 Å². The second kappa shape index (κ2) is 5.96. The minimum Gasteiger partial charge on any atom is -0.485 e. The molecule has 0 unspecified atom stereocenters. The van der Waals surface area contributed by atoms with Gasteiger partial charge in [0.25, 0.3) is 0 Å². The summed E-state index contributed by atoms with van der Waals surface area (Å²) in [6, 6.07) is 14.0. The summed E-state index contributed by atoms with van der Waals surface area (Å²) in [5.41, 5.74) is 2.27. The fraction of sp³-hybridized carbons (Fsp3) is 0.125. The Morgan fingerprint density at radius 1 is 1.16 bits per heavy atom. The number of ether oxygens (including phenoxy) is 1. The van der Waals surface area contributed by atoms with Crippen LogP contribution in [0.25, 0.3) is 0 Å². The molecule has 0 atom stereocenters. The van der Waals surface area contributed by atoms with Crippen LogP contribution in [0.4, 0.5) is 0 Å². The number of Topliss-reactive ketones (excluding diaryl/α,β-unsaturated/α-hetero) is 1. The lowest BCUT2D eigenvalue weighted by molar-refractivity contribution is 0.0921. The zero-order valence-electron chi connectivity index (χ0n) is 10.6. The van der Waals surface area contributed by atoms with Gasteiger partial charge in [-0.05, 0) is 37.3 Å². The van der Waals surface area contributed by atoms with Gasteiger partial charge >= 0.3 is 0 Å². The lowest BCUT2D eigenvalue weighted by Gasteiger charge is -2.06. The van der Waals surface area contributed by atoms with Gasteiger partial charge in [-0.25, -0.2) is 0 Å². The van der Waals surface area contributed by atoms with E-state index >= 15 is 0 Å². The normalized spacial score (nSPS) is 9.95. The van der Waals surface area contributed by atoms with Crippen LogP contribution in [0, 0.1) is 6.92 Å². The van der Waals surface area contributed by atoms with Crippen LogP contribution in [0.15, 0.2) is 48.5 Å². The van der Waals surface area contributed by atoms with E-state index in [-0.39, 0.29) is 12.4 Å². The summed E-state index contributed by atoms with van der Waals surface area (Å²) in [6.45, 7) is 1.93. The van der Waals surface area contributed by atoms with Crippen molar-refractivity contribution in [2.24, 2.45) is 0 Å². The van der Waals surface area contributed by atoms with Gasteiger partial charge < -0.3 is 4.74 Å². The zero-order chi connectivity index (χ0) is 13.7. The molecule has 3 heteroatoms. The number of rotatable bonds is 5. The zero-order valence-corrected chi connectivity index (χ0v) is 10.6. The maximum Gasteiger partial charge on any atom is 0.200 e. The number of ketones is 1. The lowest BCUT2D eigenvalue weighted by atomic mass is 10.1. The van der Waals surface area contributed by atoms with Gasteiger partial charge in [-0.1, -0.05) is 23.8 Å². The largest absolute Gasteiger partial charge is 0.485 e. The van der Waals surface area contributed by atoms with Gasteiger partial charge in [-0.15, -0.1) is 0 Å². The summed E-state index contributed by atoms with van der Waals surface area (Å²) >= 11 is 0. The molecule has 2 aromatic rings. The summed E-state index contributed by atoms with van der Waals surface area (Å²) in [5.74, 6) is 0.509. The highest BCUT2D eigenvalue weighted by Crippen LogP contribution is 2.12. The van der Waals surface area contributed by atoms with Crippen LogP contribution in [0.1, 0.15) is 26.3 Å². The van der Waals surface area contributed by atoms with Crippen molar-refractivity contribution in [3.63, 3.8) is 0 Å². The molecule has 0 fully saturated rings. The van der Waals surface area contributed by atoms with E-state index in [1.165, 1.54) is 0 Å². The van der Waals surface area contributed by atoms with Crippen molar-refractivity contribution in [3.8, 4) is 5.75 Å². The van der Waals surface area contributed by atoms with Crippen molar-refractivity contribution in [2.75, 3.05) is 6.61 Å². The predicted octanol–water partition coefficient (Wildman–Crippen LogP) is 3.07. The minimum atomic E-state index is -0.0665. The Morgan fingerprint density at radius 3 is 2.53 bits per heavy atom. The van der Waals surface area contributed by atoms with Gasteiger partial charge in [0.05, 0.1) is 0 Å². The third-order valence-corrected chi connectivity index (χ3v) is 2.73. The highest BCUT2D eigenvalue weighted by Gasteiger charge is 2.06. The number of aryl methyl sites for hydroxylation is 1. The lowest BCUT2D eigenvalue weighted by Crippen LogP contribution is -2.11. The Kier molecular flexibility index (Phi) is 4.08. The monoisotopic (exact) mass is 254 g/mol. The van der Waals surface area contributed by atoms with Crippen LogP contribution in [0.2, 0.25) is 0 Å². The second-order valence-corrected chi connectivity index (χ2v) is 4.27. The molecule has 3 nitrogen and oxygen atoms in total. The van der Waals surface area contributed by atoms with E-state index < -0.39 is 0 Å². The smallest absolute Gasteiger partial charge is 0.200 e. The standard InChI is InChI=1S/C16H14O3/c1-12-3-2-4-14(9-12)16(18)11-19-15-7-5-13(10-17)6-8-15/h2-10H,11H2,1H3. The van der Waals surface area contributed by atoms with Gasteiger partial charge in [0.1, 0.15) is 12.0 Å². The van der Waals surface area contributed by atoms with E-state index in [1.54, 1.807) is 30.3 Å². The van der Waals surface area contributed by atoms with Crippen LogP contribution < -0.4 is 4.74 Å². The molecule has 2 rings (SSSR count). The first kappa shape index (κ1) is 13.0. The van der Waals surface area contributed by atoms with Crippen LogP contribution in [-0.4, -0.2) is 18.7 Å². The van der Waals surface area contributed by atoms with Crippen molar-refractivity contribution < 1.29 is 14.3 Å². The van der Waals surface area contributed by atoms with Crippen LogP contribution in [-0.2, 0) is 0 Å². The summed E-state index contributed by atoms with van der Waals surface area (Å²) < 4.78 is 5.40. The van der Waals surface area contributed by atoms with Crippen LogP contribution in [0.5, 0.6) is 5.75 Å². The third kappa shape index (κ3) is 3.52. The van der Waals surface area contributed by atoms with E-state index in [1.807, 2.05) is 25.1 Å². The number of benzene rings is 2. The molecule has 0 saturated carbocycles. The summed E-state index contributed by atoms with van der Waals surface area (Å²) in [4.78, 5) is 22.4. The average Bonchev–Trinajstić information content (AvgIpc) is 2.45. The first-order valence-corrected chi connectivity index (χ1v) is 5.97. The molecule has 0 N–H and O–H groups in total. The van der Waals surface area contributed by atoms with Gasteiger partial charge in [-0.2, -0.15) is 0 Å². The minimum absolute atomic E-state index is 0.0100. The van der Waals surface area contributed by atoms with E-state index in [0.29, 0.717) is 16.9 Å². The molecular weight excluding hydrogens is 240 g/mol. The van der Waals surface area contributed by atoms with E-state index in [9.17, 15) is 9.59 Å². The molecule has 2 aromatic carbocycles. The number of carbonyl (C=O) groups is 2. The average molecular weight is 254 g/mol. The Morgan fingerprint density at radius 2 is 1.89 bits per heavy atom.